The number of carbonyl (C=O) groups is 4. The van der Waals surface area contributed by atoms with Crippen molar-refractivity contribution in [3.05, 3.63) is 95.1 Å². The van der Waals surface area contributed by atoms with Crippen molar-refractivity contribution in [3.63, 3.8) is 0 Å². The minimum absolute atomic E-state index is 0.123. The Hall–Kier alpha value is -4.46. The van der Waals surface area contributed by atoms with Crippen molar-refractivity contribution >= 4 is 35.1 Å². The smallest absolute Gasteiger partial charge is 0.339 e. The number of hydrogen-bond acceptors (Lipinski definition) is 6. The van der Waals surface area contributed by atoms with Crippen LogP contribution in [0.3, 0.4) is 0 Å². The van der Waals surface area contributed by atoms with Crippen LogP contribution in [0.2, 0.25) is 0 Å². The zero-order chi connectivity index (χ0) is 25.2. The van der Waals surface area contributed by atoms with Crippen LogP contribution >= 0.6 is 0 Å². The number of esters is 2. The van der Waals surface area contributed by atoms with Crippen LogP contribution < -0.4 is 10.2 Å². The van der Waals surface area contributed by atoms with Gasteiger partial charge in [0.1, 0.15) is 6.10 Å². The number of para-hydroxylation sites is 2. The molecule has 2 heterocycles. The van der Waals surface area contributed by atoms with E-state index in [9.17, 15) is 19.2 Å². The van der Waals surface area contributed by atoms with Crippen LogP contribution in [-0.2, 0) is 25.5 Å². The van der Waals surface area contributed by atoms with Gasteiger partial charge < -0.3 is 19.7 Å². The average molecular weight is 485 g/mol. The summed E-state index contributed by atoms with van der Waals surface area (Å²) in [6, 6.07) is 20.6. The number of carbonyl (C=O) groups excluding carboxylic acids is 4. The van der Waals surface area contributed by atoms with Gasteiger partial charge in [0.2, 0.25) is 5.91 Å². The lowest BCUT2D eigenvalue weighted by Crippen LogP contribution is -2.41. The van der Waals surface area contributed by atoms with E-state index in [1.165, 1.54) is 11.0 Å². The predicted octanol–water partition coefficient (Wildman–Crippen LogP) is 4.06. The highest BCUT2D eigenvalue weighted by atomic mass is 16.5. The van der Waals surface area contributed by atoms with Gasteiger partial charge in [0, 0.05) is 18.9 Å². The van der Waals surface area contributed by atoms with E-state index in [0.717, 1.165) is 5.56 Å². The third kappa shape index (κ3) is 4.57. The van der Waals surface area contributed by atoms with E-state index >= 15 is 0 Å². The first-order valence-corrected chi connectivity index (χ1v) is 11.7. The summed E-state index contributed by atoms with van der Waals surface area (Å²) >= 11 is 0. The van der Waals surface area contributed by atoms with Crippen LogP contribution in [-0.4, -0.2) is 36.4 Å². The fraction of sp³-hybridized carbons (Fsp3) is 0.214. The van der Waals surface area contributed by atoms with E-state index < -0.39 is 36.6 Å². The number of hydrogen-bond donors (Lipinski definition) is 1. The summed E-state index contributed by atoms with van der Waals surface area (Å²) < 4.78 is 10.9. The van der Waals surface area contributed by atoms with E-state index in [4.69, 9.17) is 9.47 Å². The van der Waals surface area contributed by atoms with Gasteiger partial charge in [-0.2, -0.15) is 0 Å². The van der Waals surface area contributed by atoms with Gasteiger partial charge >= 0.3 is 11.9 Å². The lowest BCUT2D eigenvalue weighted by atomic mass is 9.93. The lowest BCUT2D eigenvalue weighted by Gasteiger charge is -2.27. The van der Waals surface area contributed by atoms with Crippen LogP contribution in [0.15, 0.2) is 72.8 Å². The first-order chi connectivity index (χ1) is 17.4. The molecule has 2 amide bonds. The molecule has 8 nitrogen and oxygen atoms in total. The minimum Gasteiger partial charge on any atom is -0.454 e. The monoisotopic (exact) mass is 484 g/mol. The molecule has 1 N–H and O–H groups in total. The largest absolute Gasteiger partial charge is 0.454 e. The first-order valence-electron chi connectivity index (χ1n) is 11.7. The number of ether oxygens (including phenoxy) is 2. The highest BCUT2D eigenvalue weighted by Gasteiger charge is 2.31. The van der Waals surface area contributed by atoms with Crippen LogP contribution in [0.5, 0.6) is 0 Å². The zero-order valence-corrected chi connectivity index (χ0v) is 19.6. The number of nitrogens with one attached hydrogen (secondary N) is 1. The molecule has 3 aromatic rings. The van der Waals surface area contributed by atoms with Gasteiger partial charge in [-0.25, -0.2) is 9.59 Å². The maximum atomic E-state index is 13.1. The Morgan fingerprint density at radius 1 is 1.00 bits per heavy atom. The van der Waals surface area contributed by atoms with Crippen molar-refractivity contribution in [2.45, 2.75) is 31.9 Å². The standard InChI is InChI=1S/C28H24N2O6/c1-17-13-25(31)29-22-9-5-6-10-23(22)30(17)26(32)16-35-27(33)19-11-12-21-20(14-19)15-24(36-28(21)34)18-7-3-2-4-8-18/h2-12,14,17,24H,13,15-16H2,1H3,(H,29,31). The third-order valence-electron chi connectivity index (χ3n) is 6.34. The molecule has 8 heteroatoms. The quantitative estimate of drug-likeness (QED) is 0.561. The molecule has 5 rings (SSSR count). The maximum absolute atomic E-state index is 13.1. The summed E-state index contributed by atoms with van der Waals surface area (Å²) in [4.78, 5) is 52.1. The second-order valence-corrected chi connectivity index (χ2v) is 8.84. The maximum Gasteiger partial charge on any atom is 0.339 e. The molecule has 0 aromatic heterocycles. The highest BCUT2D eigenvalue weighted by Crippen LogP contribution is 2.32. The van der Waals surface area contributed by atoms with E-state index in [0.29, 0.717) is 28.9 Å². The molecule has 0 aliphatic carbocycles. The normalized spacial score (nSPS) is 18.8. The fourth-order valence-corrected chi connectivity index (χ4v) is 4.62. The number of amides is 2. The topological polar surface area (TPSA) is 102 Å². The molecule has 0 bridgehead atoms. The van der Waals surface area contributed by atoms with Gasteiger partial charge in [0.05, 0.1) is 22.5 Å². The van der Waals surface area contributed by atoms with Crippen molar-refractivity contribution in [1.82, 2.24) is 0 Å². The predicted molar refractivity (Wildman–Crippen MR) is 132 cm³/mol. The third-order valence-corrected chi connectivity index (χ3v) is 6.34. The Bertz CT molecular complexity index is 1350. The van der Waals surface area contributed by atoms with Gasteiger partial charge in [-0.15, -0.1) is 0 Å². The molecule has 3 aromatic carbocycles. The van der Waals surface area contributed by atoms with Gasteiger partial charge in [-0.3, -0.25) is 9.59 Å². The molecule has 0 saturated carbocycles. The number of rotatable bonds is 4. The number of nitrogens with zero attached hydrogens (tertiary/aromatic N) is 1. The molecule has 0 spiro atoms. The Morgan fingerprint density at radius 3 is 2.56 bits per heavy atom. The van der Waals surface area contributed by atoms with E-state index in [1.54, 1.807) is 43.3 Å². The molecular formula is C28H24N2O6. The minimum atomic E-state index is -0.675. The van der Waals surface area contributed by atoms with Crippen molar-refractivity contribution in [2.24, 2.45) is 0 Å². The number of fused-ring (bicyclic) bond motifs is 2. The second-order valence-electron chi connectivity index (χ2n) is 8.84. The molecule has 0 radical (unpaired) electrons. The van der Waals surface area contributed by atoms with Crippen molar-refractivity contribution < 1.29 is 28.7 Å². The van der Waals surface area contributed by atoms with Gasteiger partial charge in [0.15, 0.2) is 6.61 Å². The SMILES string of the molecule is CC1CC(=O)Nc2ccccc2N1C(=O)COC(=O)c1ccc2c(c1)CC(c1ccccc1)OC2=O. The van der Waals surface area contributed by atoms with Gasteiger partial charge in [-0.1, -0.05) is 42.5 Å². The molecular weight excluding hydrogens is 460 g/mol. The molecule has 182 valence electrons. The summed E-state index contributed by atoms with van der Waals surface area (Å²) in [5, 5.41) is 2.80. The van der Waals surface area contributed by atoms with Gasteiger partial charge in [0.25, 0.3) is 5.91 Å². The summed E-state index contributed by atoms with van der Waals surface area (Å²) in [7, 11) is 0. The number of anilines is 2. The Labute approximate surface area is 207 Å². The summed E-state index contributed by atoms with van der Waals surface area (Å²) in [5.41, 5.74) is 3.28. The molecule has 2 aliphatic heterocycles. The Balaban J connectivity index is 1.30. The van der Waals surface area contributed by atoms with E-state index in [-0.39, 0.29) is 17.9 Å². The first kappa shape index (κ1) is 23.3. The average Bonchev–Trinajstić information content (AvgIpc) is 3.01. The lowest BCUT2D eigenvalue weighted by molar-refractivity contribution is -0.122. The molecule has 2 atom stereocenters. The van der Waals surface area contributed by atoms with Crippen molar-refractivity contribution in [1.29, 1.82) is 0 Å². The van der Waals surface area contributed by atoms with Crippen LogP contribution in [0.4, 0.5) is 11.4 Å². The van der Waals surface area contributed by atoms with E-state index in [1.807, 2.05) is 30.3 Å². The molecule has 0 fully saturated rings. The Morgan fingerprint density at radius 2 is 1.75 bits per heavy atom. The zero-order valence-electron chi connectivity index (χ0n) is 19.6. The van der Waals surface area contributed by atoms with Crippen LogP contribution in [0.1, 0.15) is 51.3 Å². The number of cyclic esters (lactones) is 1. The van der Waals surface area contributed by atoms with Crippen molar-refractivity contribution in [3.8, 4) is 0 Å². The summed E-state index contributed by atoms with van der Waals surface area (Å²) in [5.74, 6) is -1.75. The van der Waals surface area contributed by atoms with E-state index in [2.05, 4.69) is 5.32 Å². The van der Waals surface area contributed by atoms with Crippen LogP contribution in [0, 0.1) is 0 Å². The van der Waals surface area contributed by atoms with Crippen LogP contribution in [0.25, 0.3) is 0 Å². The summed E-state index contributed by atoms with van der Waals surface area (Å²) in [6.07, 6.45) is 0.103. The molecule has 36 heavy (non-hydrogen) atoms. The van der Waals surface area contributed by atoms with Crippen molar-refractivity contribution in [2.75, 3.05) is 16.8 Å². The molecule has 0 saturated heterocycles. The second kappa shape index (κ2) is 9.65. The molecule has 2 aliphatic rings. The van der Waals surface area contributed by atoms with Gasteiger partial charge in [-0.05, 0) is 48.4 Å². The summed E-state index contributed by atoms with van der Waals surface area (Å²) in [6.45, 7) is 1.28. The highest BCUT2D eigenvalue weighted by molar-refractivity contribution is 6.05. The fourth-order valence-electron chi connectivity index (χ4n) is 4.62. The molecule has 2 unspecified atom stereocenters. The number of benzene rings is 3. The Kier molecular flexibility index (Phi) is 6.25.